The summed E-state index contributed by atoms with van der Waals surface area (Å²) in [6, 6.07) is 5.11. The van der Waals surface area contributed by atoms with Gasteiger partial charge >= 0.3 is 5.97 Å². The Morgan fingerprint density at radius 2 is 1.57 bits per heavy atom. The summed E-state index contributed by atoms with van der Waals surface area (Å²) in [4.78, 5) is 55.0. The summed E-state index contributed by atoms with van der Waals surface area (Å²) in [6.07, 6.45) is -6.64. The lowest BCUT2D eigenvalue weighted by Gasteiger charge is -2.48. The van der Waals surface area contributed by atoms with Gasteiger partial charge in [0.1, 0.15) is 35.7 Å². The van der Waals surface area contributed by atoms with Crippen LogP contribution in [0.4, 0.5) is 0 Å². The number of ether oxygens (including phenoxy) is 7. The Labute approximate surface area is 336 Å². The fourth-order valence-electron chi connectivity index (χ4n) is 9.27. The summed E-state index contributed by atoms with van der Waals surface area (Å²) in [7, 11) is 4.91. The first-order chi connectivity index (χ1) is 27.5. The number of carbonyl (C=O) groups is 4. The second kappa shape index (κ2) is 16.3. The number of nitrogens with zero attached hydrogens (tertiary/aromatic N) is 1. The number of methoxy groups -OCH3 is 1. The third kappa shape index (κ3) is 7.47. The molecule has 58 heavy (non-hydrogen) atoms. The average molecular weight is 812 g/mol. The molecular weight excluding hydrogens is 758 g/mol. The Balaban J connectivity index is 1.13. The zero-order valence-corrected chi connectivity index (χ0v) is 33.7. The van der Waals surface area contributed by atoms with Gasteiger partial charge in [-0.15, -0.1) is 0 Å². The number of aliphatic hydroxyl groups excluding tert-OH is 1. The van der Waals surface area contributed by atoms with Crippen molar-refractivity contribution in [2.24, 2.45) is 0 Å². The van der Waals surface area contributed by atoms with E-state index in [0.29, 0.717) is 12.8 Å². The van der Waals surface area contributed by atoms with E-state index in [-0.39, 0.29) is 70.9 Å². The number of phenolic OH excluding ortho intramolecular Hbond substituents is 2. The molecule has 0 saturated carbocycles. The van der Waals surface area contributed by atoms with Crippen LogP contribution in [0.15, 0.2) is 24.3 Å². The van der Waals surface area contributed by atoms with Crippen LogP contribution in [0.3, 0.4) is 0 Å². The van der Waals surface area contributed by atoms with Gasteiger partial charge in [0.05, 0.1) is 48.3 Å². The van der Waals surface area contributed by atoms with Crippen molar-refractivity contribution >= 4 is 23.3 Å². The smallest absolute Gasteiger partial charge is 0.316 e. The first-order valence-electron chi connectivity index (χ1n) is 19.9. The van der Waals surface area contributed by atoms with Gasteiger partial charge in [-0.1, -0.05) is 19.1 Å². The number of esters is 1. The van der Waals surface area contributed by atoms with Crippen molar-refractivity contribution in [3.63, 3.8) is 0 Å². The second-order valence-corrected chi connectivity index (χ2v) is 16.3. The molecule has 4 N–H and O–H groups in total. The molecule has 0 bridgehead atoms. The molecule has 13 atom stereocenters. The maximum Gasteiger partial charge on any atom is 0.316 e. The number of phenols is 2. The van der Waals surface area contributed by atoms with E-state index >= 15 is 0 Å². The van der Waals surface area contributed by atoms with E-state index < -0.39 is 102 Å². The van der Waals surface area contributed by atoms with Crippen molar-refractivity contribution in [2.75, 3.05) is 21.2 Å². The minimum atomic E-state index is -1.76. The summed E-state index contributed by atoms with van der Waals surface area (Å²) in [5, 5.41) is 45.9. The quantitative estimate of drug-likeness (QED) is 0.228. The first kappa shape index (κ1) is 42.3. The van der Waals surface area contributed by atoms with E-state index in [0.717, 1.165) is 0 Å². The molecule has 16 nitrogen and oxygen atoms in total. The Kier molecular flexibility index (Phi) is 11.9. The molecule has 3 fully saturated rings. The average Bonchev–Trinajstić information content (AvgIpc) is 3.17. The van der Waals surface area contributed by atoms with Crippen molar-refractivity contribution in [1.82, 2.24) is 4.90 Å². The van der Waals surface area contributed by atoms with Gasteiger partial charge in [0, 0.05) is 54.8 Å². The van der Waals surface area contributed by atoms with Gasteiger partial charge in [-0.25, -0.2) is 0 Å². The SMILES string of the molecule is CC[C@]1(O)C[C@H](O[C@H]2C[C@H](N(C)C)[C@H](O[C@H]3C[C@H](O)[C@H](O[C@H]4CCC(=O)[C@H](C)O4)[C@H](C)O3)[C@H](C)O2)c2c(cc3c(c2O)C(=O)c2c(O)cccc2C3=O)[C@H]1C(=O)OC. The van der Waals surface area contributed by atoms with Crippen molar-refractivity contribution in [1.29, 1.82) is 0 Å². The fraction of sp³-hybridized carbons (Fsp3) is 0.619. The minimum absolute atomic E-state index is 0.00573. The summed E-state index contributed by atoms with van der Waals surface area (Å²) in [5.41, 5.74) is -2.49. The molecule has 0 unspecified atom stereocenters. The van der Waals surface area contributed by atoms with Crippen molar-refractivity contribution in [2.45, 2.75) is 145 Å². The second-order valence-electron chi connectivity index (χ2n) is 16.3. The maximum atomic E-state index is 13.9. The van der Waals surface area contributed by atoms with Crippen LogP contribution in [0.5, 0.6) is 11.5 Å². The molecule has 7 rings (SSSR count). The van der Waals surface area contributed by atoms with Gasteiger partial charge in [0.15, 0.2) is 30.4 Å². The maximum absolute atomic E-state index is 13.9. The molecule has 0 aromatic heterocycles. The van der Waals surface area contributed by atoms with Crippen LogP contribution in [0.1, 0.15) is 121 Å². The molecule has 5 aliphatic rings. The number of Topliss-reactive ketones (excluding diaryl/α,β-unsaturated/α-hetero) is 1. The fourth-order valence-corrected chi connectivity index (χ4v) is 9.27. The summed E-state index contributed by atoms with van der Waals surface area (Å²) >= 11 is 0. The number of aromatic hydroxyl groups is 2. The van der Waals surface area contributed by atoms with Gasteiger partial charge in [-0.3, -0.25) is 19.2 Å². The highest BCUT2D eigenvalue weighted by Crippen LogP contribution is 2.54. The van der Waals surface area contributed by atoms with E-state index in [9.17, 15) is 39.6 Å². The zero-order valence-electron chi connectivity index (χ0n) is 33.7. The summed E-state index contributed by atoms with van der Waals surface area (Å²) < 4.78 is 42.6. The predicted molar refractivity (Wildman–Crippen MR) is 201 cm³/mol. The van der Waals surface area contributed by atoms with Crippen molar-refractivity contribution < 1.29 is 72.8 Å². The molecule has 3 aliphatic heterocycles. The van der Waals surface area contributed by atoms with Crippen LogP contribution >= 0.6 is 0 Å². The number of carbonyl (C=O) groups excluding carboxylic acids is 4. The molecule has 0 spiro atoms. The number of ketones is 3. The number of fused-ring (bicyclic) bond motifs is 3. The van der Waals surface area contributed by atoms with Crippen LogP contribution in [0.25, 0.3) is 0 Å². The molecule has 3 heterocycles. The lowest BCUT2D eigenvalue weighted by atomic mass is 9.67. The van der Waals surface area contributed by atoms with Crippen LogP contribution in [-0.2, 0) is 42.7 Å². The van der Waals surface area contributed by atoms with E-state index in [1.54, 1.807) is 27.7 Å². The minimum Gasteiger partial charge on any atom is -0.507 e. The number of benzene rings is 2. The summed E-state index contributed by atoms with van der Waals surface area (Å²) in [6.45, 7) is 6.95. The van der Waals surface area contributed by atoms with E-state index in [1.165, 1.54) is 31.4 Å². The van der Waals surface area contributed by atoms with Crippen molar-refractivity contribution in [3.05, 3.63) is 57.6 Å². The standard InChI is InChI=1S/C42H53NO15/c1-8-42(51)17-28(33-22(35(42)41(50)52-7)14-23-34(38(33)49)37(48)32-21(36(23)47)10-9-11-26(32)45)56-30-15-24(43(5)6)39(19(3)54-30)58-31-16-27(46)40(20(4)55-31)57-29-13-12-25(44)18(2)53-29/h9-11,14,18-20,24,27-31,35,39-40,45-46,49,51H,8,12-13,15-17H2,1-7H3/t18-,19-,20-,24-,27-,28-,29-,30-,31-,35-,39+,40+,42-/m0/s1. The van der Waals surface area contributed by atoms with E-state index in [2.05, 4.69) is 0 Å². The number of aliphatic hydroxyl groups is 2. The Bertz CT molecular complexity index is 1940. The molecular formula is C42H53NO15. The van der Waals surface area contributed by atoms with E-state index in [1.807, 2.05) is 19.0 Å². The monoisotopic (exact) mass is 811 g/mol. The lowest BCUT2D eigenvalue weighted by Crippen LogP contribution is -2.58. The lowest BCUT2D eigenvalue weighted by molar-refractivity contribution is -0.324. The molecule has 316 valence electrons. The number of likely N-dealkylation sites (N-methyl/N-ethyl adjacent to an activating group) is 1. The predicted octanol–water partition coefficient (Wildman–Crippen LogP) is 3.16. The third-order valence-electron chi connectivity index (χ3n) is 12.4. The topological polar surface area (TPSA) is 217 Å². The molecule has 0 amide bonds. The van der Waals surface area contributed by atoms with Gasteiger partial charge < -0.3 is 58.5 Å². The van der Waals surface area contributed by atoms with Crippen LogP contribution < -0.4 is 0 Å². The number of hydrogen-bond acceptors (Lipinski definition) is 16. The van der Waals surface area contributed by atoms with Crippen molar-refractivity contribution in [3.8, 4) is 11.5 Å². The highest BCUT2D eigenvalue weighted by atomic mass is 16.7. The molecule has 2 aliphatic carbocycles. The first-order valence-corrected chi connectivity index (χ1v) is 19.9. The normalized spacial score (nSPS) is 36.3. The van der Waals surface area contributed by atoms with Gasteiger partial charge in [-0.2, -0.15) is 0 Å². The van der Waals surface area contributed by atoms with E-state index in [4.69, 9.17) is 33.2 Å². The van der Waals surface area contributed by atoms with Crippen LogP contribution in [0.2, 0.25) is 0 Å². The zero-order chi connectivity index (χ0) is 42.0. The van der Waals surface area contributed by atoms with Gasteiger partial charge in [0.25, 0.3) is 0 Å². The molecule has 3 saturated heterocycles. The highest BCUT2D eigenvalue weighted by molar-refractivity contribution is 6.30. The van der Waals surface area contributed by atoms with Crippen LogP contribution in [-0.4, -0.2) is 137 Å². The molecule has 16 heteroatoms. The van der Waals surface area contributed by atoms with Crippen LogP contribution in [0, 0.1) is 0 Å². The number of rotatable bonds is 9. The van der Waals surface area contributed by atoms with Gasteiger partial charge in [-0.05, 0) is 59.0 Å². The highest BCUT2D eigenvalue weighted by Gasteiger charge is 2.53. The Morgan fingerprint density at radius 1 is 0.897 bits per heavy atom. The Hall–Kier alpha value is -3.84. The Morgan fingerprint density at radius 3 is 2.21 bits per heavy atom. The summed E-state index contributed by atoms with van der Waals surface area (Å²) in [5.74, 6) is -4.59. The largest absolute Gasteiger partial charge is 0.507 e. The molecule has 2 aromatic rings. The van der Waals surface area contributed by atoms with Gasteiger partial charge in [0.2, 0.25) is 5.78 Å². The molecule has 0 radical (unpaired) electrons. The third-order valence-corrected chi connectivity index (χ3v) is 12.4. The number of hydrogen-bond donors (Lipinski definition) is 4. The molecule has 2 aromatic carbocycles.